The summed E-state index contributed by atoms with van der Waals surface area (Å²) in [7, 11) is 1.54. The molecular formula is C29H24O6. The molecule has 0 aliphatic carbocycles. The highest BCUT2D eigenvalue weighted by molar-refractivity contribution is 6.15. The molecule has 3 aromatic carbocycles. The molecule has 6 heteroatoms. The number of ether oxygens (including phenoxy) is 3. The lowest BCUT2D eigenvalue weighted by atomic mass is 10.0. The van der Waals surface area contributed by atoms with Gasteiger partial charge in [-0.2, -0.15) is 0 Å². The van der Waals surface area contributed by atoms with Crippen molar-refractivity contribution in [1.82, 2.24) is 0 Å². The zero-order chi connectivity index (χ0) is 24.7. The predicted octanol–water partition coefficient (Wildman–Crippen LogP) is 6.71. The Kier molecular flexibility index (Phi) is 5.65. The first-order valence-corrected chi connectivity index (χ1v) is 11.3. The molecule has 0 saturated carbocycles. The Balaban J connectivity index is 1.39. The highest BCUT2D eigenvalue weighted by atomic mass is 16.6. The molecule has 176 valence electrons. The number of fused-ring (bicyclic) bond motifs is 2. The van der Waals surface area contributed by atoms with Gasteiger partial charge in [-0.3, -0.25) is 4.79 Å². The van der Waals surface area contributed by atoms with E-state index in [9.17, 15) is 9.59 Å². The third-order valence-corrected chi connectivity index (χ3v) is 6.07. The number of Topliss-reactive ketones (excluding diaryl/α,β-unsaturated/α-hetero) is 1. The summed E-state index contributed by atoms with van der Waals surface area (Å²) in [6.07, 6.45) is 1.72. The van der Waals surface area contributed by atoms with Crippen molar-refractivity contribution in [1.29, 1.82) is 0 Å². The van der Waals surface area contributed by atoms with Crippen LogP contribution in [0.3, 0.4) is 0 Å². The minimum atomic E-state index is -0.656. The third-order valence-electron chi connectivity index (χ3n) is 6.07. The SMILES string of the molecule is COc1cccc2cc(C(=O)Oc3ccc4c(c3C)O/C(=C\c3ccc(C(C)C)cc3)C4=O)oc12. The number of allylic oxidation sites excluding steroid dienone is 1. The van der Waals surface area contributed by atoms with Crippen LogP contribution in [0.5, 0.6) is 17.2 Å². The van der Waals surface area contributed by atoms with Crippen LogP contribution >= 0.6 is 0 Å². The minimum Gasteiger partial charge on any atom is -0.493 e. The molecule has 35 heavy (non-hydrogen) atoms. The quantitative estimate of drug-likeness (QED) is 0.184. The van der Waals surface area contributed by atoms with E-state index in [1.165, 1.54) is 12.7 Å². The smallest absolute Gasteiger partial charge is 0.379 e. The zero-order valence-corrected chi connectivity index (χ0v) is 19.9. The first-order chi connectivity index (χ1) is 16.9. The molecule has 1 aliphatic rings. The van der Waals surface area contributed by atoms with Crippen molar-refractivity contribution < 1.29 is 28.2 Å². The number of para-hydroxylation sites is 1. The van der Waals surface area contributed by atoms with Gasteiger partial charge >= 0.3 is 5.97 Å². The molecule has 0 bridgehead atoms. The number of furan rings is 1. The molecule has 0 saturated heterocycles. The van der Waals surface area contributed by atoms with Gasteiger partial charge in [0.15, 0.2) is 17.1 Å². The maximum absolute atomic E-state index is 12.9. The van der Waals surface area contributed by atoms with E-state index in [4.69, 9.17) is 18.6 Å². The number of carbonyl (C=O) groups excluding carboxylic acids is 2. The van der Waals surface area contributed by atoms with Crippen LogP contribution in [0.1, 0.15) is 57.4 Å². The maximum Gasteiger partial charge on any atom is 0.379 e. The fourth-order valence-corrected chi connectivity index (χ4v) is 4.05. The largest absolute Gasteiger partial charge is 0.493 e. The standard InChI is InChI=1S/C29H24O6/c1-16(2)19-10-8-18(9-11-19)14-24-26(30)21-12-13-22(17(3)27(21)33-24)35-29(31)25-15-20-6-5-7-23(32-4)28(20)34-25/h5-16H,1-4H3/b24-14-. The molecule has 0 N–H and O–H groups in total. The van der Waals surface area contributed by atoms with Crippen LogP contribution in [0.15, 0.2) is 70.8 Å². The van der Waals surface area contributed by atoms with E-state index in [0.717, 1.165) is 10.9 Å². The van der Waals surface area contributed by atoms with Crippen LogP contribution in [-0.2, 0) is 0 Å². The van der Waals surface area contributed by atoms with Gasteiger partial charge in [0.1, 0.15) is 11.5 Å². The van der Waals surface area contributed by atoms with Gasteiger partial charge in [0.05, 0.1) is 12.7 Å². The Morgan fingerprint density at radius 2 is 1.77 bits per heavy atom. The lowest BCUT2D eigenvalue weighted by molar-refractivity contribution is 0.0702. The molecule has 0 amide bonds. The van der Waals surface area contributed by atoms with E-state index in [-0.39, 0.29) is 23.1 Å². The Labute approximate surface area is 202 Å². The van der Waals surface area contributed by atoms with Crippen LogP contribution in [0.4, 0.5) is 0 Å². The zero-order valence-electron chi connectivity index (χ0n) is 19.9. The Bertz CT molecular complexity index is 1490. The number of rotatable bonds is 5. The van der Waals surface area contributed by atoms with Crippen LogP contribution in [0, 0.1) is 6.92 Å². The van der Waals surface area contributed by atoms with Gasteiger partial charge in [-0.1, -0.05) is 50.2 Å². The minimum absolute atomic E-state index is 0.0480. The summed E-state index contributed by atoms with van der Waals surface area (Å²) < 4.78 is 22.5. The summed E-state index contributed by atoms with van der Waals surface area (Å²) in [6.45, 7) is 6.01. The number of hydrogen-bond donors (Lipinski definition) is 0. The van der Waals surface area contributed by atoms with E-state index in [1.807, 2.05) is 36.4 Å². The molecular weight excluding hydrogens is 444 g/mol. The van der Waals surface area contributed by atoms with Gasteiger partial charge in [-0.15, -0.1) is 0 Å². The molecule has 0 atom stereocenters. The lowest BCUT2D eigenvalue weighted by Crippen LogP contribution is -2.08. The van der Waals surface area contributed by atoms with E-state index >= 15 is 0 Å². The average Bonchev–Trinajstić information content (AvgIpc) is 3.43. The summed E-state index contributed by atoms with van der Waals surface area (Å²) in [5.41, 5.74) is 3.55. The van der Waals surface area contributed by atoms with Crippen molar-refractivity contribution in [3.63, 3.8) is 0 Å². The molecule has 0 spiro atoms. The normalized spacial score (nSPS) is 13.9. The molecule has 6 nitrogen and oxygen atoms in total. The number of hydrogen-bond acceptors (Lipinski definition) is 6. The monoisotopic (exact) mass is 468 g/mol. The van der Waals surface area contributed by atoms with Crippen LogP contribution in [0.25, 0.3) is 17.0 Å². The number of methoxy groups -OCH3 is 1. The van der Waals surface area contributed by atoms with Crippen molar-refractivity contribution in [2.45, 2.75) is 26.7 Å². The first-order valence-electron chi connectivity index (χ1n) is 11.3. The summed E-state index contributed by atoms with van der Waals surface area (Å²) >= 11 is 0. The molecule has 4 aromatic rings. The Hall–Kier alpha value is -4.32. The van der Waals surface area contributed by atoms with Crippen molar-refractivity contribution in [2.75, 3.05) is 7.11 Å². The van der Waals surface area contributed by atoms with E-state index in [1.54, 1.807) is 37.3 Å². The molecule has 5 rings (SSSR count). The highest BCUT2D eigenvalue weighted by Crippen LogP contribution is 2.40. The molecule has 0 fully saturated rings. The Morgan fingerprint density at radius 1 is 1.00 bits per heavy atom. The van der Waals surface area contributed by atoms with E-state index in [0.29, 0.717) is 34.1 Å². The molecule has 0 radical (unpaired) electrons. The molecule has 2 heterocycles. The van der Waals surface area contributed by atoms with Crippen LogP contribution < -0.4 is 14.2 Å². The summed E-state index contributed by atoms with van der Waals surface area (Å²) in [5, 5.41) is 0.729. The van der Waals surface area contributed by atoms with Gasteiger partial charge in [-0.05, 0) is 54.3 Å². The average molecular weight is 469 g/mol. The fourth-order valence-electron chi connectivity index (χ4n) is 4.05. The fraction of sp³-hybridized carbons (Fsp3) is 0.172. The molecule has 0 unspecified atom stereocenters. The highest BCUT2D eigenvalue weighted by Gasteiger charge is 2.31. The van der Waals surface area contributed by atoms with Gasteiger partial charge in [0, 0.05) is 10.9 Å². The number of ketones is 1. The summed E-state index contributed by atoms with van der Waals surface area (Å²) in [6, 6.07) is 18.2. The van der Waals surface area contributed by atoms with Gasteiger partial charge in [0.25, 0.3) is 0 Å². The second-order valence-corrected chi connectivity index (χ2v) is 8.71. The van der Waals surface area contributed by atoms with Gasteiger partial charge in [0.2, 0.25) is 11.5 Å². The van der Waals surface area contributed by atoms with Crippen LogP contribution in [-0.4, -0.2) is 18.9 Å². The van der Waals surface area contributed by atoms with Crippen molar-refractivity contribution in [3.8, 4) is 17.2 Å². The van der Waals surface area contributed by atoms with E-state index < -0.39 is 5.97 Å². The van der Waals surface area contributed by atoms with Crippen molar-refractivity contribution >= 4 is 28.8 Å². The Morgan fingerprint density at radius 3 is 2.49 bits per heavy atom. The predicted molar refractivity (Wildman–Crippen MR) is 132 cm³/mol. The lowest BCUT2D eigenvalue weighted by Gasteiger charge is -2.09. The van der Waals surface area contributed by atoms with Crippen molar-refractivity contribution in [2.24, 2.45) is 0 Å². The second kappa shape index (κ2) is 8.80. The molecule has 1 aromatic heterocycles. The first kappa shape index (κ1) is 22.5. The summed E-state index contributed by atoms with van der Waals surface area (Å²) in [4.78, 5) is 25.7. The second-order valence-electron chi connectivity index (χ2n) is 8.71. The van der Waals surface area contributed by atoms with Crippen molar-refractivity contribution in [3.05, 3.63) is 94.4 Å². The van der Waals surface area contributed by atoms with E-state index in [2.05, 4.69) is 13.8 Å². The van der Waals surface area contributed by atoms with Gasteiger partial charge < -0.3 is 18.6 Å². The van der Waals surface area contributed by atoms with Crippen LogP contribution in [0.2, 0.25) is 0 Å². The molecule has 1 aliphatic heterocycles. The topological polar surface area (TPSA) is 75.0 Å². The van der Waals surface area contributed by atoms with Gasteiger partial charge in [-0.25, -0.2) is 4.79 Å². The summed E-state index contributed by atoms with van der Waals surface area (Å²) in [5.74, 6) is 1.04. The maximum atomic E-state index is 12.9. The third kappa shape index (κ3) is 4.08. The number of benzene rings is 3. The number of carbonyl (C=O) groups is 2. The number of esters is 1.